The van der Waals surface area contributed by atoms with Crippen LogP contribution in [0.4, 0.5) is 0 Å². The van der Waals surface area contributed by atoms with Crippen molar-refractivity contribution in [1.82, 2.24) is 4.90 Å². The molecule has 114 valence electrons. The summed E-state index contributed by atoms with van der Waals surface area (Å²) in [5, 5.41) is 0. The van der Waals surface area contributed by atoms with E-state index in [9.17, 15) is 14.4 Å². The Morgan fingerprint density at radius 3 is 2.25 bits per heavy atom. The first-order valence-corrected chi connectivity index (χ1v) is 6.56. The van der Waals surface area contributed by atoms with Crippen LogP contribution in [0.25, 0.3) is 0 Å². The molecule has 0 saturated carbocycles. The van der Waals surface area contributed by atoms with Crippen molar-refractivity contribution >= 4 is 17.8 Å². The number of nitrogens with zero attached hydrogens (tertiary/aromatic N) is 1. The second kappa shape index (κ2) is 5.78. The van der Waals surface area contributed by atoms with E-state index in [1.807, 2.05) is 20.8 Å². The van der Waals surface area contributed by atoms with E-state index in [1.54, 1.807) is 0 Å². The minimum Gasteiger partial charge on any atom is -0.461 e. The van der Waals surface area contributed by atoms with Crippen LogP contribution in [-0.2, 0) is 19.1 Å². The van der Waals surface area contributed by atoms with Gasteiger partial charge in [-0.1, -0.05) is 20.8 Å². The van der Waals surface area contributed by atoms with Crippen molar-refractivity contribution in [2.45, 2.75) is 52.3 Å². The van der Waals surface area contributed by atoms with Crippen molar-refractivity contribution in [3.05, 3.63) is 0 Å². The largest absolute Gasteiger partial charge is 0.461 e. The van der Waals surface area contributed by atoms with Gasteiger partial charge in [0.2, 0.25) is 11.8 Å². The number of carbonyl (C=O) groups is 3. The van der Waals surface area contributed by atoms with E-state index in [0.717, 1.165) is 0 Å². The number of carbonyl (C=O) groups excluding carboxylic acids is 3. The number of amides is 2. The Balaban J connectivity index is 2.88. The van der Waals surface area contributed by atoms with Crippen molar-refractivity contribution in [3.63, 3.8) is 0 Å². The molecule has 0 aliphatic carbocycles. The van der Waals surface area contributed by atoms with Crippen molar-refractivity contribution in [1.29, 1.82) is 0 Å². The highest BCUT2D eigenvalue weighted by molar-refractivity contribution is 5.90. The van der Waals surface area contributed by atoms with E-state index in [2.05, 4.69) is 0 Å². The predicted octanol–water partition coefficient (Wildman–Crippen LogP) is -0.622. The quantitative estimate of drug-likeness (QED) is 0.670. The number of ether oxygens (including phenoxy) is 1. The lowest BCUT2D eigenvalue weighted by molar-refractivity contribution is -0.147. The zero-order valence-corrected chi connectivity index (χ0v) is 12.4. The third-order valence-electron chi connectivity index (χ3n) is 3.41. The molecule has 1 aliphatic heterocycles. The van der Waals surface area contributed by atoms with Crippen LogP contribution < -0.4 is 11.5 Å². The number of primary amides is 1. The van der Waals surface area contributed by atoms with Gasteiger partial charge in [-0.15, -0.1) is 0 Å². The molecular weight excluding hydrogens is 262 g/mol. The van der Waals surface area contributed by atoms with E-state index in [0.29, 0.717) is 0 Å². The Kier molecular flexibility index (Phi) is 4.75. The van der Waals surface area contributed by atoms with Gasteiger partial charge < -0.3 is 21.1 Å². The van der Waals surface area contributed by atoms with E-state index in [-0.39, 0.29) is 18.9 Å². The summed E-state index contributed by atoms with van der Waals surface area (Å²) in [6.07, 6.45) is -0.293. The fourth-order valence-electron chi connectivity index (χ4n) is 2.18. The number of hydrogen-bond donors (Lipinski definition) is 2. The summed E-state index contributed by atoms with van der Waals surface area (Å²) in [5.41, 5.74) is 10.8. The van der Waals surface area contributed by atoms with Gasteiger partial charge in [-0.3, -0.25) is 14.4 Å². The summed E-state index contributed by atoms with van der Waals surface area (Å²) in [7, 11) is 0. The second-order valence-electron chi connectivity index (χ2n) is 6.22. The maximum absolute atomic E-state index is 12.4. The summed E-state index contributed by atoms with van der Waals surface area (Å²) in [5.74, 6) is -1.42. The van der Waals surface area contributed by atoms with Gasteiger partial charge in [0.05, 0.1) is 12.6 Å². The minimum absolute atomic E-state index is 0.149. The molecule has 0 aromatic rings. The van der Waals surface area contributed by atoms with Crippen LogP contribution >= 0.6 is 0 Å². The van der Waals surface area contributed by atoms with E-state index in [1.165, 1.54) is 11.8 Å². The number of nitrogens with two attached hydrogens (primary N) is 2. The molecule has 1 rings (SSSR count). The maximum atomic E-state index is 12.4. The van der Waals surface area contributed by atoms with Crippen LogP contribution in [0.1, 0.15) is 34.1 Å². The van der Waals surface area contributed by atoms with E-state index < -0.39 is 35.5 Å². The maximum Gasteiger partial charge on any atom is 0.302 e. The van der Waals surface area contributed by atoms with Crippen LogP contribution in [0.2, 0.25) is 0 Å². The van der Waals surface area contributed by atoms with Crippen LogP contribution in [-0.4, -0.2) is 47.4 Å². The third-order valence-corrected chi connectivity index (χ3v) is 3.41. The van der Waals surface area contributed by atoms with E-state index in [4.69, 9.17) is 16.2 Å². The lowest BCUT2D eigenvalue weighted by atomic mass is 9.86. The van der Waals surface area contributed by atoms with Gasteiger partial charge in [-0.05, 0) is 5.41 Å². The van der Waals surface area contributed by atoms with Crippen LogP contribution in [0.5, 0.6) is 0 Å². The SMILES string of the molecule is CC(=O)O[C@@H]1C[C@@H](C(N)=O)N(C(=O)[C@@H](N)C(C)(C)C)C1. The van der Waals surface area contributed by atoms with Gasteiger partial charge >= 0.3 is 5.97 Å². The smallest absolute Gasteiger partial charge is 0.302 e. The summed E-state index contributed by atoms with van der Waals surface area (Å²) in [6.45, 7) is 6.96. The molecule has 0 aromatic heterocycles. The minimum atomic E-state index is -0.778. The average molecular weight is 285 g/mol. The molecule has 20 heavy (non-hydrogen) atoms. The van der Waals surface area contributed by atoms with Gasteiger partial charge in [0.1, 0.15) is 12.1 Å². The molecule has 7 nitrogen and oxygen atoms in total. The molecule has 0 unspecified atom stereocenters. The summed E-state index contributed by atoms with van der Waals surface area (Å²) < 4.78 is 5.06. The highest BCUT2D eigenvalue weighted by atomic mass is 16.5. The Morgan fingerprint density at radius 2 is 1.85 bits per heavy atom. The van der Waals surface area contributed by atoms with Gasteiger partial charge in [0, 0.05) is 13.3 Å². The van der Waals surface area contributed by atoms with Crippen molar-refractivity contribution in [2.24, 2.45) is 16.9 Å². The molecule has 0 aromatic carbocycles. The zero-order chi connectivity index (χ0) is 15.7. The molecule has 1 fully saturated rings. The summed E-state index contributed by atoms with van der Waals surface area (Å²) >= 11 is 0. The molecular formula is C13H23N3O4. The summed E-state index contributed by atoms with van der Waals surface area (Å²) in [4.78, 5) is 36.2. The van der Waals surface area contributed by atoms with Gasteiger partial charge in [-0.25, -0.2) is 0 Å². The Hall–Kier alpha value is -1.63. The van der Waals surface area contributed by atoms with E-state index >= 15 is 0 Å². The van der Waals surface area contributed by atoms with Gasteiger partial charge in [0.15, 0.2) is 0 Å². The topological polar surface area (TPSA) is 116 Å². The molecule has 1 saturated heterocycles. The lowest BCUT2D eigenvalue weighted by Gasteiger charge is -2.31. The van der Waals surface area contributed by atoms with Crippen LogP contribution in [0.3, 0.4) is 0 Å². The molecule has 1 aliphatic rings. The number of rotatable bonds is 3. The number of hydrogen-bond acceptors (Lipinski definition) is 5. The van der Waals surface area contributed by atoms with Crippen LogP contribution in [0, 0.1) is 5.41 Å². The first kappa shape index (κ1) is 16.4. The highest BCUT2D eigenvalue weighted by Gasteiger charge is 2.43. The zero-order valence-electron chi connectivity index (χ0n) is 12.4. The lowest BCUT2D eigenvalue weighted by Crippen LogP contribution is -2.54. The monoisotopic (exact) mass is 285 g/mol. The molecule has 0 bridgehead atoms. The fourth-order valence-corrected chi connectivity index (χ4v) is 2.18. The second-order valence-corrected chi connectivity index (χ2v) is 6.22. The summed E-state index contributed by atoms with van der Waals surface area (Å²) in [6, 6.07) is -1.53. The Morgan fingerprint density at radius 1 is 1.30 bits per heavy atom. The Bertz CT molecular complexity index is 416. The van der Waals surface area contributed by atoms with Crippen molar-refractivity contribution < 1.29 is 19.1 Å². The number of likely N-dealkylation sites (tertiary alicyclic amines) is 1. The fraction of sp³-hybridized carbons (Fsp3) is 0.769. The highest BCUT2D eigenvalue weighted by Crippen LogP contribution is 2.25. The third kappa shape index (κ3) is 3.69. The van der Waals surface area contributed by atoms with Crippen molar-refractivity contribution in [2.75, 3.05) is 6.54 Å². The number of esters is 1. The first-order chi connectivity index (χ1) is 9.04. The molecule has 0 radical (unpaired) electrons. The Labute approximate surface area is 118 Å². The van der Waals surface area contributed by atoms with Crippen LogP contribution in [0.15, 0.2) is 0 Å². The molecule has 0 spiro atoms. The molecule has 7 heteroatoms. The normalized spacial score (nSPS) is 24.4. The molecule has 2 amide bonds. The average Bonchev–Trinajstić information content (AvgIpc) is 2.68. The van der Waals surface area contributed by atoms with Gasteiger partial charge in [-0.2, -0.15) is 0 Å². The molecule has 4 N–H and O–H groups in total. The van der Waals surface area contributed by atoms with Crippen molar-refractivity contribution in [3.8, 4) is 0 Å². The molecule has 3 atom stereocenters. The molecule has 1 heterocycles. The standard InChI is InChI=1S/C13H23N3O4/c1-7(17)20-8-5-9(11(15)18)16(6-8)12(19)10(14)13(2,3)4/h8-10H,5-6,14H2,1-4H3,(H2,15,18)/t8-,9+,10-/m1/s1. The van der Waals surface area contributed by atoms with Gasteiger partial charge in [0.25, 0.3) is 0 Å². The first-order valence-electron chi connectivity index (χ1n) is 6.56. The predicted molar refractivity (Wildman–Crippen MR) is 72.3 cm³/mol.